The van der Waals surface area contributed by atoms with Crippen molar-refractivity contribution in [1.29, 1.82) is 0 Å². The van der Waals surface area contributed by atoms with E-state index in [2.05, 4.69) is 4.98 Å². The van der Waals surface area contributed by atoms with Crippen LogP contribution >= 0.6 is 11.3 Å². The lowest BCUT2D eigenvalue weighted by atomic mass is 9.93. The molecule has 1 amide bonds. The molecule has 0 aliphatic rings. The summed E-state index contributed by atoms with van der Waals surface area (Å²) in [6.07, 6.45) is 3.08. The number of hydrogen-bond acceptors (Lipinski definition) is 6. The van der Waals surface area contributed by atoms with Gasteiger partial charge in [-0.25, -0.2) is 4.98 Å². The monoisotopic (exact) mass is 356 g/mol. The molecule has 3 rings (SSSR count). The molecule has 0 aliphatic heterocycles. The second kappa shape index (κ2) is 6.06. The van der Waals surface area contributed by atoms with Crippen molar-refractivity contribution in [3.63, 3.8) is 0 Å². The first-order chi connectivity index (χ1) is 11.8. The van der Waals surface area contributed by atoms with Gasteiger partial charge < -0.3 is 16.6 Å². The normalized spacial score (nSPS) is 10.8. The molecule has 3 aromatic rings. The quantitative estimate of drug-likeness (QED) is 0.662. The van der Waals surface area contributed by atoms with E-state index in [1.807, 2.05) is 6.92 Å². The fourth-order valence-electron chi connectivity index (χ4n) is 2.79. The van der Waals surface area contributed by atoms with Gasteiger partial charge in [0.05, 0.1) is 5.69 Å². The maximum absolute atomic E-state index is 12.6. The van der Waals surface area contributed by atoms with Crippen LogP contribution in [0, 0.1) is 13.8 Å². The van der Waals surface area contributed by atoms with E-state index in [-0.39, 0.29) is 17.0 Å². The molecule has 7 nitrogen and oxygen atoms in total. The van der Waals surface area contributed by atoms with E-state index in [4.69, 9.17) is 11.5 Å². The minimum atomic E-state index is -0.912. The van der Waals surface area contributed by atoms with Gasteiger partial charge in [-0.2, -0.15) is 0 Å². The first-order valence-electron chi connectivity index (χ1n) is 7.37. The summed E-state index contributed by atoms with van der Waals surface area (Å²) in [4.78, 5) is 28.6. The van der Waals surface area contributed by atoms with Crippen LogP contribution in [0.25, 0.3) is 16.3 Å². The molecule has 0 saturated carbocycles. The lowest BCUT2D eigenvalue weighted by Gasteiger charge is -2.17. The number of phenols is 1. The maximum Gasteiger partial charge on any atom is 0.271 e. The first kappa shape index (κ1) is 16.7. The first-order valence-corrected chi connectivity index (χ1v) is 8.25. The Morgan fingerprint density at radius 1 is 1.32 bits per heavy atom. The number of aryl methyl sites for hydroxylation is 1. The number of carbonyl (C=O) groups is 1. The van der Waals surface area contributed by atoms with Crippen molar-refractivity contribution in [1.82, 2.24) is 9.55 Å². The third kappa shape index (κ3) is 2.66. The lowest BCUT2D eigenvalue weighted by Crippen LogP contribution is -2.30. The second-order valence-electron chi connectivity index (χ2n) is 5.59. The Labute approximate surface area is 147 Å². The molecule has 0 radical (unpaired) electrons. The highest BCUT2D eigenvalue weighted by atomic mass is 32.1. The zero-order valence-electron chi connectivity index (χ0n) is 13.6. The number of rotatable bonds is 3. The topological polar surface area (TPSA) is 124 Å². The molecule has 0 unspecified atom stereocenters. The molecule has 2 heterocycles. The van der Waals surface area contributed by atoms with Gasteiger partial charge in [0.15, 0.2) is 5.13 Å². The van der Waals surface area contributed by atoms with Gasteiger partial charge in [-0.05, 0) is 36.6 Å². The number of aromatic hydroxyl groups is 1. The summed E-state index contributed by atoms with van der Waals surface area (Å²) in [5.74, 6) is -0.822. The van der Waals surface area contributed by atoms with Crippen LogP contribution in [0.3, 0.4) is 0 Å². The molecule has 0 atom stereocenters. The number of amides is 1. The van der Waals surface area contributed by atoms with Crippen molar-refractivity contribution in [3.8, 4) is 22.0 Å². The number of phenolic OH excluding ortho intramolecular Hbond substituents is 1. The fourth-order valence-corrected chi connectivity index (χ4v) is 3.41. The molecule has 25 heavy (non-hydrogen) atoms. The van der Waals surface area contributed by atoms with Crippen molar-refractivity contribution in [2.75, 3.05) is 5.73 Å². The van der Waals surface area contributed by atoms with Crippen LogP contribution in [-0.2, 0) is 0 Å². The Bertz CT molecular complexity index is 1040. The Balaban J connectivity index is 2.45. The van der Waals surface area contributed by atoms with E-state index >= 15 is 0 Å². The molecule has 1 aromatic carbocycles. The Kier molecular flexibility index (Phi) is 4.05. The summed E-state index contributed by atoms with van der Waals surface area (Å²) in [6, 6.07) is 3.32. The fraction of sp³-hybridized carbons (Fsp3) is 0.118. The predicted molar refractivity (Wildman–Crippen MR) is 97.2 cm³/mol. The highest BCUT2D eigenvalue weighted by Crippen LogP contribution is 2.36. The smallest absolute Gasteiger partial charge is 0.271 e. The molecule has 5 N–H and O–H groups in total. The number of pyridine rings is 1. The summed E-state index contributed by atoms with van der Waals surface area (Å²) >= 11 is 1.24. The predicted octanol–water partition coefficient (Wildman–Crippen LogP) is 1.96. The van der Waals surface area contributed by atoms with E-state index in [1.54, 1.807) is 30.6 Å². The molecule has 8 heteroatoms. The number of anilines is 1. The van der Waals surface area contributed by atoms with Gasteiger partial charge in [-0.1, -0.05) is 6.07 Å². The van der Waals surface area contributed by atoms with Gasteiger partial charge in [-0.15, -0.1) is 11.3 Å². The Morgan fingerprint density at radius 3 is 2.64 bits per heavy atom. The van der Waals surface area contributed by atoms with Crippen molar-refractivity contribution < 1.29 is 9.90 Å². The van der Waals surface area contributed by atoms with Crippen molar-refractivity contribution >= 4 is 22.9 Å². The zero-order valence-corrected chi connectivity index (χ0v) is 14.4. The van der Waals surface area contributed by atoms with Crippen LogP contribution in [0.15, 0.2) is 34.7 Å². The number of nitrogen functional groups attached to an aromatic ring is 1. The van der Waals surface area contributed by atoms with E-state index in [9.17, 15) is 14.7 Å². The van der Waals surface area contributed by atoms with Gasteiger partial charge in [-0.3, -0.25) is 14.2 Å². The van der Waals surface area contributed by atoms with Crippen LogP contribution in [-0.4, -0.2) is 20.6 Å². The summed E-state index contributed by atoms with van der Waals surface area (Å²) in [7, 11) is 0. The van der Waals surface area contributed by atoms with Crippen LogP contribution in [0.1, 0.15) is 21.5 Å². The van der Waals surface area contributed by atoms with E-state index in [1.165, 1.54) is 22.1 Å². The second-order valence-corrected chi connectivity index (χ2v) is 6.46. The minimum Gasteiger partial charge on any atom is -0.508 e. The number of aromatic nitrogens is 2. The van der Waals surface area contributed by atoms with Gasteiger partial charge in [0.25, 0.3) is 11.5 Å². The SMILES string of the molecule is Cc1ccc(O)c(C)c1-c1cn(-c2nccs2)c(=O)c(C(N)=O)c1N. The number of nitrogens with zero attached hydrogens (tertiary/aromatic N) is 2. The van der Waals surface area contributed by atoms with Gasteiger partial charge in [0.1, 0.15) is 11.3 Å². The third-order valence-corrected chi connectivity index (χ3v) is 4.81. The van der Waals surface area contributed by atoms with Crippen LogP contribution in [0.2, 0.25) is 0 Å². The molecular formula is C17H16N4O3S. The number of carbonyl (C=O) groups excluding carboxylic acids is 1. The summed E-state index contributed by atoms with van der Waals surface area (Å²) in [5, 5.41) is 12.2. The molecular weight excluding hydrogens is 340 g/mol. The van der Waals surface area contributed by atoms with Gasteiger partial charge >= 0.3 is 0 Å². The molecule has 0 fully saturated rings. The standard InChI is InChI=1S/C17H16N4O3S/c1-8-3-4-11(22)9(2)12(8)10-7-21(17-20-5-6-25-17)16(24)13(14(10)18)15(19)23/h3-7,22H,18H2,1-2H3,(H2,19,23). The molecule has 2 aromatic heterocycles. The zero-order chi connectivity index (χ0) is 18.3. The highest BCUT2D eigenvalue weighted by Gasteiger charge is 2.22. The van der Waals surface area contributed by atoms with Crippen molar-refractivity contribution in [2.24, 2.45) is 5.73 Å². The lowest BCUT2D eigenvalue weighted by molar-refractivity contribution is 0.0999. The number of benzene rings is 1. The highest BCUT2D eigenvalue weighted by molar-refractivity contribution is 7.12. The largest absolute Gasteiger partial charge is 0.508 e. The van der Waals surface area contributed by atoms with Crippen molar-refractivity contribution in [2.45, 2.75) is 13.8 Å². The molecule has 0 aliphatic carbocycles. The number of thiazole rings is 1. The average molecular weight is 356 g/mol. The van der Waals surface area contributed by atoms with Crippen LogP contribution < -0.4 is 17.0 Å². The van der Waals surface area contributed by atoms with Crippen molar-refractivity contribution in [3.05, 3.63) is 57.0 Å². The Morgan fingerprint density at radius 2 is 2.04 bits per heavy atom. The van der Waals surface area contributed by atoms with E-state index in [0.717, 1.165) is 5.56 Å². The molecule has 0 spiro atoms. The van der Waals surface area contributed by atoms with Crippen LogP contribution in [0.4, 0.5) is 5.69 Å². The van der Waals surface area contributed by atoms with Gasteiger partial charge in [0, 0.05) is 23.3 Å². The third-order valence-electron chi connectivity index (χ3n) is 4.04. The Hall–Kier alpha value is -3.13. The molecule has 0 bridgehead atoms. The van der Waals surface area contributed by atoms with Gasteiger partial charge in [0.2, 0.25) is 0 Å². The maximum atomic E-state index is 12.6. The van der Waals surface area contributed by atoms with E-state index in [0.29, 0.717) is 21.8 Å². The summed E-state index contributed by atoms with van der Waals surface area (Å²) < 4.78 is 1.25. The minimum absolute atomic E-state index is 0.0119. The van der Waals surface area contributed by atoms with E-state index < -0.39 is 11.5 Å². The molecule has 128 valence electrons. The number of primary amides is 1. The number of nitrogens with two attached hydrogens (primary N) is 2. The summed E-state index contributed by atoms with van der Waals surface area (Å²) in [5.41, 5.74) is 13.1. The summed E-state index contributed by atoms with van der Waals surface area (Å²) in [6.45, 7) is 3.59. The number of hydrogen-bond donors (Lipinski definition) is 3. The average Bonchev–Trinajstić information content (AvgIpc) is 3.07. The van der Waals surface area contributed by atoms with Crippen LogP contribution in [0.5, 0.6) is 5.75 Å². The molecule has 0 saturated heterocycles.